The Labute approximate surface area is 140 Å². The number of furan rings is 1. The number of piperidine rings is 1. The first-order valence-corrected chi connectivity index (χ1v) is 8.23. The number of nitrogens with zero attached hydrogens (tertiary/aromatic N) is 2. The first-order chi connectivity index (χ1) is 11.5. The zero-order chi connectivity index (χ0) is 17.1. The molecule has 7 nitrogen and oxygen atoms in total. The minimum Gasteiger partial charge on any atom is -0.463 e. The zero-order valence-electron chi connectivity index (χ0n) is 13.9. The molecular formula is C17H22N4O3. The third kappa shape index (κ3) is 3.50. The van der Waals surface area contributed by atoms with Gasteiger partial charge in [0, 0.05) is 31.1 Å². The van der Waals surface area contributed by atoms with Crippen LogP contribution in [0.5, 0.6) is 0 Å². The molecule has 0 unspecified atom stereocenters. The molecule has 1 aliphatic rings. The number of nitrogens with one attached hydrogen (secondary N) is 2. The molecule has 2 aromatic rings. The van der Waals surface area contributed by atoms with E-state index < -0.39 is 0 Å². The fraction of sp³-hybridized carbons (Fsp3) is 0.471. The minimum absolute atomic E-state index is 0.0141. The van der Waals surface area contributed by atoms with Gasteiger partial charge in [0.15, 0.2) is 11.5 Å². The van der Waals surface area contributed by atoms with Gasteiger partial charge in [-0.25, -0.2) is 0 Å². The summed E-state index contributed by atoms with van der Waals surface area (Å²) < 4.78 is 5.28. The highest BCUT2D eigenvalue weighted by Gasteiger charge is 2.26. The Bertz CT molecular complexity index is 697. The molecule has 3 rings (SSSR count). The van der Waals surface area contributed by atoms with Crippen molar-refractivity contribution < 1.29 is 14.0 Å². The summed E-state index contributed by atoms with van der Waals surface area (Å²) in [7, 11) is 0. The van der Waals surface area contributed by atoms with Gasteiger partial charge in [0.05, 0.1) is 6.26 Å². The molecule has 24 heavy (non-hydrogen) atoms. The highest BCUT2D eigenvalue weighted by Crippen LogP contribution is 2.18. The summed E-state index contributed by atoms with van der Waals surface area (Å²) in [6.45, 7) is 5.18. The van der Waals surface area contributed by atoms with Gasteiger partial charge in [-0.2, -0.15) is 5.10 Å². The lowest BCUT2D eigenvalue weighted by atomic mass is 10.0. The molecule has 0 atom stereocenters. The van der Waals surface area contributed by atoms with Crippen LogP contribution in [0.4, 0.5) is 0 Å². The SMILES string of the molecule is CC(C)C(=O)N1CCC(NC(=O)c2cc(-c3ccco3)[nH]n2)CC1. The number of likely N-dealkylation sites (tertiary alicyclic amines) is 1. The Hall–Kier alpha value is -2.57. The van der Waals surface area contributed by atoms with Gasteiger partial charge in [-0.05, 0) is 25.0 Å². The molecule has 1 saturated heterocycles. The Kier molecular flexibility index (Phi) is 4.69. The lowest BCUT2D eigenvalue weighted by Gasteiger charge is -2.33. The third-order valence-corrected chi connectivity index (χ3v) is 4.23. The number of H-pyrrole nitrogens is 1. The predicted molar refractivity (Wildman–Crippen MR) is 88.2 cm³/mol. The van der Waals surface area contributed by atoms with Crippen molar-refractivity contribution in [1.82, 2.24) is 20.4 Å². The maximum Gasteiger partial charge on any atom is 0.272 e. The molecule has 2 aromatic heterocycles. The second kappa shape index (κ2) is 6.90. The molecule has 2 amide bonds. The molecule has 0 spiro atoms. The number of aromatic nitrogens is 2. The molecule has 0 bridgehead atoms. The third-order valence-electron chi connectivity index (χ3n) is 4.23. The van der Waals surface area contributed by atoms with Gasteiger partial charge < -0.3 is 14.6 Å². The van der Waals surface area contributed by atoms with Crippen LogP contribution in [0.2, 0.25) is 0 Å². The smallest absolute Gasteiger partial charge is 0.272 e. The minimum atomic E-state index is -0.210. The lowest BCUT2D eigenvalue weighted by Crippen LogP contribution is -2.47. The van der Waals surface area contributed by atoms with Crippen LogP contribution in [0.25, 0.3) is 11.5 Å². The largest absolute Gasteiger partial charge is 0.463 e. The van der Waals surface area contributed by atoms with Crippen molar-refractivity contribution >= 4 is 11.8 Å². The average molecular weight is 330 g/mol. The van der Waals surface area contributed by atoms with E-state index in [1.807, 2.05) is 18.7 Å². The summed E-state index contributed by atoms with van der Waals surface area (Å²) in [5, 5.41) is 9.84. The van der Waals surface area contributed by atoms with E-state index in [1.54, 1.807) is 24.5 Å². The van der Waals surface area contributed by atoms with E-state index in [1.165, 1.54) is 0 Å². The molecule has 1 fully saturated rings. The van der Waals surface area contributed by atoms with Crippen molar-refractivity contribution in [2.75, 3.05) is 13.1 Å². The van der Waals surface area contributed by atoms with Crippen LogP contribution in [0, 0.1) is 5.92 Å². The molecular weight excluding hydrogens is 308 g/mol. The Morgan fingerprint density at radius 1 is 1.38 bits per heavy atom. The highest BCUT2D eigenvalue weighted by atomic mass is 16.3. The van der Waals surface area contributed by atoms with Crippen molar-refractivity contribution in [3.8, 4) is 11.5 Å². The molecule has 0 aromatic carbocycles. The van der Waals surface area contributed by atoms with E-state index in [9.17, 15) is 9.59 Å². The fourth-order valence-electron chi connectivity index (χ4n) is 2.86. The van der Waals surface area contributed by atoms with Crippen molar-refractivity contribution in [2.24, 2.45) is 5.92 Å². The summed E-state index contributed by atoms with van der Waals surface area (Å²) in [6.07, 6.45) is 3.10. The Balaban J connectivity index is 1.54. The van der Waals surface area contributed by atoms with Crippen molar-refractivity contribution in [1.29, 1.82) is 0 Å². The summed E-state index contributed by atoms with van der Waals surface area (Å²) in [5.74, 6) is 0.620. The van der Waals surface area contributed by atoms with E-state index in [0.29, 0.717) is 30.2 Å². The number of rotatable bonds is 4. The molecule has 128 valence electrons. The van der Waals surface area contributed by atoms with E-state index in [2.05, 4.69) is 15.5 Å². The van der Waals surface area contributed by atoms with Gasteiger partial charge in [0.2, 0.25) is 5.91 Å². The zero-order valence-corrected chi connectivity index (χ0v) is 13.9. The standard InChI is InChI=1S/C17H22N4O3/c1-11(2)17(23)21-7-5-12(6-8-21)18-16(22)14-10-13(19-20-14)15-4-3-9-24-15/h3-4,9-12H,5-8H2,1-2H3,(H,18,22)(H,19,20). The fourth-order valence-corrected chi connectivity index (χ4v) is 2.86. The molecule has 0 saturated carbocycles. The van der Waals surface area contributed by atoms with Gasteiger partial charge in [0.1, 0.15) is 5.69 Å². The summed E-state index contributed by atoms with van der Waals surface area (Å²) in [6, 6.07) is 5.32. The second-order valence-corrected chi connectivity index (χ2v) is 6.37. The van der Waals surface area contributed by atoms with Crippen molar-refractivity contribution in [3.63, 3.8) is 0 Å². The lowest BCUT2D eigenvalue weighted by molar-refractivity contribution is -0.135. The van der Waals surface area contributed by atoms with Gasteiger partial charge >= 0.3 is 0 Å². The quantitative estimate of drug-likeness (QED) is 0.897. The molecule has 0 aliphatic carbocycles. The van der Waals surface area contributed by atoms with Crippen LogP contribution >= 0.6 is 0 Å². The van der Waals surface area contributed by atoms with Gasteiger partial charge in [-0.1, -0.05) is 13.8 Å². The molecule has 1 aliphatic heterocycles. The predicted octanol–water partition coefficient (Wildman–Crippen LogP) is 2.05. The molecule has 3 heterocycles. The van der Waals surface area contributed by atoms with Crippen LogP contribution in [0.3, 0.4) is 0 Å². The van der Waals surface area contributed by atoms with E-state index in [4.69, 9.17) is 4.42 Å². The topological polar surface area (TPSA) is 91.2 Å². The molecule has 7 heteroatoms. The van der Waals surface area contributed by atoms with Gasteiger partial charge in [-0.3, -0.25) is 14.7 Å². The van der Waals surface area contributed by atoms with Crippen molar-refractivity contribution in [3.05, 3.63) is 30.2 Å². The highest BCUT2D eigenvalue weighted by molar-refractivity contribution is 5.93. The Morgan fingerprint density at radius 2 is 2.12 bits per heavy atom. The molecule has 2 N–H and O–H groups in total. The normalized spacial score (nSPS) is 15.7. The van der Waals surface area contributed by atoms with E-state index >= 15 is 0 Å². The maximum atomic E-state index is 12.3. The maximum absolute atomic E-state index is 12.3. The first kappa shape index (κ1) is 16.3. The second-order valence-electron chi connectivity index (χ2n) is 6.37. The molecule has 0 radical (unpaired) electrons. The monoisotopic (exact) mass is 330 g/mol. The van der Waals surface area contributed by atoms with E-state index in [-0.39, 0.29) is 23.8 Å². The van der Waals surface area contributed by atoms with Crippen LogP contribution in [0.1, 0.15) is 37.2 Å². The van der Waals surface area contributed by atoms with Crippen LogP contribution < -0.4 is 5.32 Å². The van der Waals surface area contributed by atoms with E-state index in [0.717, 1.165) is 12.8 Å². The number of aromatic amines is 1. The van der Waals surface area contributed by atoms with Crippen LogP contribution in [-0.4, -0.2) is 46.0 Å². The number of amides is 2. The van der Waals surface area contributed by atoms with Crippen molar-refractivity contribution in [2.45, 2.75) is 32.7 Å². The van der Waals surface area contributed by atoms with Gasteiger partial charge in [0.25, 0.3) is 5.91 Å². The number of hydrogen-bond acceptors (Lipinski definition) is 4. The average Bonchev–Trinajstić information content (AvgIpc) is 3.26. The number of carbonyl (C=O) groups is 2. The summed E-state index contributed by atoms with van der Waals surface area (Å²) in [5.41, 5.74) is 1.00. The first-order valence-electron chi connectivity index (χ1n) is 8.23. The van der Waals surface area contributed by atoms with Crippen LogP contribution in [-0.2, 0) is 4.79 Å². The Morgan fingerprint density at radius 3 is 2.75 bits per heavy atom. The van der Waals surface area contributed by atoms with Crippen LogP contribution in [0.15, 0.2) is 28.9 Å². The number of hydrogen-bond donors (Lipinski definition) is 2. The number of carbonyl (C=O) groups excluding carboxylic acids is 2. The summed E-state index contributed by atoms with van der Waals surface area (Å²) in [4.78, 5) is 26.2. The van der Waals surface area contributed by atoms with Gasteiger partial charge in [-0.15, -0.1) is 0 Å². The summed E-state index contributed by atoms with van der Waals surface area (Å²) >= 11 is 0.